The molecule has 2 amide bonds. The molecule has 2 aromatic carbocycles. The maximum absolute atomic E-state index is 14.0. The summed E-state index contributed by atoms with van der Waals surface area (Å²) in [6, 6.07) is 11.7. The molecule has 248 valence electrons. The molecule has 1 N–H and O–H groups in total. The largest absolute Gasteiger partial charge is 0.490 e. The van der Waals surface area contributed by atoms with Gasteiger partial charge in [0.15, 0.2) is 0 Å². The third kappa shape index (κ3) is 5.95. The second-order valence-corrected chi connectivity index (χ2v) is 16.5. The molecule has 2 bridgehead atoms. The van der Waals surface area contributed by atoms with E-state index in [1.54, 1.807) is 6.07 Å². The molecule has 2 aliphatic heterocycles. The summed E-state index contributed by atoms with van der Waals surface area (Å²) in [6.07, 6.45) is 7.70. The normalized spacial score (nSPS) is 33.4. The Morgan fingerprint density at radius 3 is 2.83 bits per heavy atom. The first kappa shape index (κ1) is 31.9. The Labute approximate surface area is 277 Å². The third-order valence-corrected chi connectivity index (χ3v) is 13.2. The van der Waals surface area contributed by atoms with Gasteiger partial charge in [-0.25, -0.2) is 4.21 Å². The van der Waals surface area contributed by atoms with E-state index in [1.807, 2.05) is 25.3 Å². The number of hydrogen-bond acceptors (Lipinski definition) is 7. The van der Waals surface area contributed by atoms with Crippen molar-refractivity contribution in [3.63, 3.8) is 0 Å². The van der Waals surface area contributed by atoms with Crippen LogP contribution in [0.4, 0.5) is 5.69 Å². The summed E-state index contributed by atoms with van der Waals surface area (Å²) in [6.45, 7) is 2.35. The average molecular weight is 670 g/mol. The van der Waals surface area contributed by atoms with Crippen LogP contribution in [0.5, 0.6) is 5.75 Å². The van der Waals surface area contributed by atoms with Crippen molar-refractivity contribution in [3.05, 3.63) is 58.1 Å². The number of hydrogen-bond donors (Lipinski definition) is 1. The molecule has 6 atom stereocenters. The monoisotopic (exact) mass is 669 g/mol. The minimum absolute atomic E-state index is 0.0409. The molecule has 0 aromatic heterocycles. The van der Waals surface area contributed by atoms with Crippen LogP contribution in [0.2, 0.25) is 5.02 Å². The topological polar surface area (TPSA) is 107 Å². The van der Waals surface area contributed by atoms with Gasteiger partial charge in [0.1, 0.15) is 15.7 Å². The van der Waals surface area contributed by atoms with Gasteiger partial charge in [0, 0.05) is 43.3 Å². The predicted molar refractivity (Wildman–Crippen MR) is 178 cm³/mol. The van der Waals surface area contributed by atoms with Gasteiger partial charge in [0.25, 0.3) is 5.91 Å². The maximum Gasteiger partial charge on any atom is 0.286 e. The minimum Gasteiger partial charge on any atom is -0.490 e. The molecular formula is C35H44ClN3O6S. The van der Waals surface area contributed by atoms with E-state index in [4.69, 9.17) is 25.8 Å². The van der Waals surface area contributed by atoms with Crippen molar-refractivity contribution in [3.8, 4) is 5.75 Å². The molecule has 11 heteroatoms. The summed E-state index contributed by atoms with van der Waals surface area (Å²) >= 11 is 6.44. The number of halogens is 1. The van der Waals surface area contributed by atoms with E-state index in [0.717, 1.165) is 68.1 Å². The average Bonchev–Trinajstić information content (AvgIpc) is 3.91. The van der Waals surface area contributed by atoms with Gasteiger partial charge in [0.05, 0.1) is 37.2 Å². The molecule has 0 saturated heterocycles. The predicted octanol–water partition coefficient (Wildman–Crippen LogP) is 5.71. The number of nitrogens with one attached hydrogen (secondary N) is 1. The lowest BCUT2D eigenvalue weighted by molar-refractivity contribution is -0.120. The van der Waals surface area contributed by atoms with Gasteiger partial charge in [-0.1, -0.05) is 30.5 Å². The standard InChI is InChI=1S/C35H44ClN3O6S/c1-43-15-13-31(40)37-46(42)16-5-3-4-8-30(44-2)32-27-19-35(27,32)21-39-20-34(14-6-7-23-17-25(36)10-11-26(23)34)22-45-29-12-9-24(18-28(29)39)33(41)38-46/h9-12,17-18,27,30,32H,3-8,13-16,19-22H2,1-2H3,(H,37,38,40,41,42)/t27?,30-,32-,34-,35-,46?/m0/s1. The second-order valence-electron chi connectivity index (χ2n) is 14.0. The van der Waals surface area contributed by atoms with Crippen LogP contribution in [0.3, 0.4) is 0 Å². The van der Waals surface area contributed by atoms with Gasteiger partial charge >= 0.3 is 0 Å². The second kappa shape index (κ2) is 12.4. The fraction of sp³-hybridized carbons (Fsp3) is 0.600. The van der Waals surface area contributed by atoms with Crippen LogP contribution in [0, 0.1) is 17.3 Å². The van der Waals surface area contributed by atoms with Crippen LogP contribution in [0.1, 0.15) is 72.9 Å². The number of carbonyl (C=O) groups is 2. The van der Waals surface area contributed by atoms with E-state index < -0.39 is 21.7 Å². The molecule has 2 spiro atoms. The molecular weight excluding hydrogens is 626 g/mol. The number of methoxy groups -OCH3 is 2. The molecule has 3 aliphatic carbocycles. The summed E-state index contributed by atoms with van der Waals surface area (Å²) in [5.74, 6) is 0.951. The molecule has 2 heterocycles. The summed E-state index contributed by atoms with van der Waals surface area (Å²) in [7, 11) is -0.0125. The summed E-state index contributed by atoms with van der Waals surface area (Å²) < 4.78 is 38.5. The SMILES string of the molecule is COCCC(=O)NS1(=O)=NC(=O)c2ccc3c(c2)N(C[C@@]2(CCCc4cc(Cl)ccc42)CO3)C[C@@]23CC2[C@H]3[C@@H](OC)CCCCC1. The number of aryl methyl sites for hydroxylation is 1. The van der Waals surface area contributed by atoms with Gasteiger partial charge in [-0.05, 0) is 97.2 Å². The number of amides is 2. The van der Waals surface area contributed by atoms with Crippen LogP contribution in [-0.2, 0) is 36.0 Å². The zero-order valence-corrected chi connectivity index (χ0v) is 28.3. The number of fused-ring (bicyclic) bond motifs is 4. The lowest BCUT2D eigenvalue weighted by Gasteiger charge is -2.41. The van der Waals surface area contributed by atoms with Gasteiger partial charge < -0.3 is 19.1 Å². The van der Waals surface area contributed by atoms with E-state index in [0.29, 0.717) is 30.4 Å². The Balaban J connectivity index is 1.28. The Morgan fingerprint density at radius 1 is 1.15 bits per heavy atom. The molecule has 2 fully saturated rings. The van der Waals surface area contributed by atoms with Crippen LogP contribution in [0.25, 0.3) is 0 Å². The zero-order chi connectivity index (χ0) is 32.1. The molecule has 9 nitrogen and oxygen atoms in total. The highest BCUT2D eigenvalue weighted by molar-refractivity contribution is 7.92. The Morgan fingerprint density at radius 2 is 2.02 bits per heavy atom. The Hall–Kier alpha value is -2.66. The van der Waals surface area contributed by atoms with Gasteiger partial charge in [-0.15, -0.1) is 4.36 Å². The van der Waals surface area contributed by atoms with E-state index in [1.165, 1.54) is 24.7 Å². The number of ether oxygens (including phenoxy) is 3. The molecule has 2 saturated carbocycles. The van der Waals surface area contributed by atoms with Crippen molar-refractivity contribution < 1.29 is 28.0 Å². The van der Waals surface area contributed by atoms with E-state index in [2.05, 4.69) is 26.1 Å². The summed E-state index contributed by atoms with van der Waals surface area (Å²) in [4.78, 5) is 28.8. The first-order valence-corrected chi connectivity index (χ1v) is 18.7. The highest BCUT2D eigenvalue weighted by Gasteiger charge is 2.80. The molecule has 5 aliphatic rings. The lowest BCUT2D eigenvalue weighted by atomic mass is 9.70. The van der Waals surface area contributed by atoms with Crippen molar-refractivity contribution in [2.75, 3.05) is 51.2 Å². The Kier molecular flexibility index (Phi) is 8.61. The molecule has 0 radical (unpaired) electrons. The molecule has 2 unspecified atom stereocenters. The number of benzene rings is 2. The van der Waals surface area contributed by atoms with Crippen LogP contribution < -0.4 is 14.4 Å². The van der Waals surface area contributed by atoms with Gasteiger partial charge in [-0.2, -0.15) is 0 Å². The van der Waals surface area contributed by atoms with Crippen LogP contribution >= 0.6 is 11.6 Å². The van der Waals surface area contributed by atoms with E-state index >= 15 is 0 Å². The maximum atomic E-state index is 14.0. The molecule has 7 rings (SSSR count). The highest BCUT2D eigenvalue weighted by Crippen LogP contribution is 2.81. The van der Waals surface area contributed by atoms with E-state index in [9.17, 15) is 13.8 Å². The number of nitrogens with zero attached hydrogens (tertiary/aromatic N) is 2. The molecule has 2 aromatic rings. The van der Waals surface area contributed by atoms with E-state index in [-0.39, 0.29) is 35.7 Å². The number of anilines is 1. The van der Waals surface area contributed by atoms with Crippen molar-refractivity contribution in [2.45, 2.75) is 69.3 Å². The molecule has 46 heavy (non-hydrogen) atoms. The summed E-state index contributed by atoms with van der Waals surface area (Å²) in [5, 5.41) is 0.753. The zero-order valence-electron chi connectivity index (χ0n) is 26.7. The van der Waals surface area contributed by atoms with Crippen molar-refractivity contribution in [1.82, 2.24) is 4.72 Å². The van der Waals surface area contributed by atoms with Crippen LogP contribution in [0.15, 0.2) is 40.8 Å². The smallest absolute Gasteiger partial charge is 0.286 e. The number of rotatable bonds is 5. The summed E-state index contributed by atoms with van der Waals surface area (Å²) in [5.41, 5.74) is 3.76. The fourth-order valence-electron chi connectivity index (χ4n) is 8.56. The lowest BCUT2D eigenvalue weighted by Crippen LogP contribution is -2.47. The van der Waals surface area contributed by atoms with Crippen molar-refractivity contribution in [1.29, 1.82) is 0 Å². The minimum atomic E-state index is -3.34. The van der Waals surface area contributed by atoms with Gasteiger partial charge in [-0.3, -0.25) is 14.3 Å². The van der Waals surface area contributed by atoms with Crippen molar-refractivity contribution >= 4 is 39.0 Å². The quantitative estimate of drug-likeness (QED) is 0.435. The van der Waals surface area contributed by atoms with Crippen LogP contribution in [-0.4, -0.2) is 68.4 Å². The third-order valence-electron chi connectivity index (χ3n) is 11.1. The first-order valence-electron chi connectivity index (χ1n) is 16.6. The fourth-order valence-corrected chi connectivity index (χ4v) is 10.4. The number of carbonyl (C=O) groups excluding carboxylic acids is 2. The van der Waals surface area contributed by atoms with Gasteiger partial charge in [0.2, 0.25) is 5.91 Å². The first-order chi connectivity index (χ1) is 22.2. The van der Waals surface area contributed by atoms with Crippen molar-refractivity contribution in [2.24, 2.45) is 21.6 Å². The Bertz CT molecular complexity index is 1660. The highest BCUT2D eigenvalue weighted by atomic mass is 35.5.